The van der Waals surface area contributed by atoms with Crippen molar-refractivity contribution in [2.45, 2.75) is 13.0 Å². The molecule has 1 aliphatic heterocycles. The highest BCUT2D eigenvalue weighted by molar-refractivity contribution is 5.71. The highest BCUT2D eigenvalue weighted by atomic mass is 16.6. The van der Waals surface area contributed by atoms with Gasteiger partial charge in [0.05, 0.1) is 6.61 Å². The van der Waals surface area contributed by atoms with E-state index < -0.39 is 0 Å². The fraction of sp³-hybridized carbons (Fsp3) is 0.444. The van der Waals surface area contributed by atoms with Crippen LogP contribution in [0.15, 0.2) is 28.8 Å². The van der Waals surface area contributed by atoms with Gasteiger partial charge in [0.25, 0.3) is 0 Å². The number of hydrogen-bond acceptors (Lipinski definition) is 2. The summed E-state index contributed by atoms with van der Waals surface area (Å²) in [5, 5.41) is 0. The number of hydrogen-bond donors (Lipinski definition) is 0. The predicted molar refractivity (Wildman–Crippen MR) is 47.1 cm³/mol. The van der Waals surface area contributed by atoms with Gasteiger partial charge in [-0.1, -0.05) is 12.2 Å². The third-order valence-electron chi connectivity index (χ3n) is 1.56. The summed E-state index contributed by atoms with van der Waals surface area (Å²) in [6.07, 6.45) is 8.15. The van der Waals surface area contributed by atoms with Crippen LogP contribution in [0.5, 0.6) is 0 Å². The average Bonchev–Trinajstić information content (AvgIpc) is 2.81. The Morgan fingerprint density at radius 1 is 1.64 bits per heavy atom. The first-order valence-corrected chi connectivity index (χ1v) is 3.75. The van der Waals surface area contributed by atoms with Gasteiger partial charge in [-0.25, -0.2) is 0 Å². The van der Waals surface area contributed by atoms with Gasteiger partial charge < -0.3 is 4.74 Å². The molecule has 0 aliphatic carbocycles. The summed E-state index contributed by atoms with van der Waals surface area (Å²) in [6.45, 7) is 2.89. The molecule has 0 radical (unpaired) electrons. The van der Waals surface area contributed by atoms with Gasteiger partial charge in [-0.3, -0.25) is 4.99 Å². The fourth-order valence-corrected chi connectivity index (χ4v) is 0.870. The molecule has 0 bridgehead atoms. The molecule has 0 spiro atoms. The molecule has 1 heterocycles. The van der Waals surface area contributed by atoms with Gasteiger partial charge in [-0.05, 0) is 18.6 Å². The first-order chi connectivity index (χ1) is 5.38. The monoisotopic (exact) mass is 151 g/mol. The smallest absolute Gasteiger partial charge is 0.106 e. The molecule has 1 rings (SSSR count). The van der Waals surface area contributed by atoms with E-state index in [4.69, 9.17) is 4.74 Å². The van der Waals surface area contributed by atoms with Crippen LogP contribution in [-0.2, 0) is 4.74 Å². The standard InChI is InChI=1S/C9H13NO/c1-3-8(9-7-11-9)5-4-6-10-2/h3-6,9H,7H2,1-2H3/b5-4-,8-3-,10-6?/t9-/m0/s1. The molecule has 0 aromatic heterocycles. The molecule has 0 aromatic rings. The Kier molecular flexibility index (Phi) is 3.05. The zero-order valence-corrected chi connectivity index (χ0v) is 6.95. The normalized spacial score (nSPS) is 25.3. The Morgan fingerprint density at radius 2 is 2.36 bits per heavy atom. The third-order valence-corrected chi connectivity index (χ3v) is 1.56. The van der Waals surface area contributed by atoms with Crippen LogP contribution in [0, 0.1) is 0 Å². The minimum atomic E-state index is 0.349. The number of rotatable bonds is 3. The van der Waals surface area contributed by atoms with Gasteiger partial charge in [0.1, 0.15) is 6.10 Å². The van der Waals surface area contributed by atoms with Crippen molar-refractivity contribution in [1.29, 1.82) is 0 Å². The zero-order chi connectivity index (χ0) is 8.10. The van der Waals surface area contributed by atoms with Crippen molar-refractivity contribution in [2.24, 2.45) is 4.99 Å². The minimum Gasteiger partial charge on any atom is -0.368 e. The van der Waals surface area contributed by atoms with Gasteiger partial charge >= 0.3 is 0 Å². The quantitative estimate of drug-likeness (QED) is 0.341. The zero-order valence-electron chi connectivity index (χ0n) is 6.95. The van der Waals surface area contributed by atoms with E-state index in [-0.39, 0.29) is 0 Å². The molecule has 0 unspecified atom stereocenters. The van der Waals surface area contributed by atoms with Crippen LogP contribution in [0.3, 0.4) is 0 Å². The first kappa shape index (κ1) is 8.21. The molecule has 2 nitrogen and oxygen atoms in total. The van der Waals surface area contributed by atoms with E-state index in [0.717, 1.165) is 6.61 Å². The molecular formula is C9H13NO. The van der Waals surface area contributed by atoms with Crippen molar-refractivity contribution < 1.29 is 4.74 Å². The average molecular weight is 151 g/mol. The lowest BCUT2D eigenvalue weighted by Gasteiger charge is -1.90. The maximum Gasteiger partial charge on any atom is 0.106 e. The van der Waals surface area contributed by atoms with Crippen molar-refractivity contribution in [2.75, 3.05) is 13.7 Å². The van der Waals surface area contributed by atoms with Gasteiger partial charge in [-0.15, -0.1) is 0 Å². The topological polar surface area (TPSA) is 24.9 Å². The van der Waals surface area contributed by atoms with Crippen LogP contribution in [-0.4, -0.2) is 26.0 Å². The summed E-state index contributed by atoms with van der Waals surface area (Å²) < 4.78 is 5.13. The van der Waals surface area contributed by atoms with Crippen LogP contribution in [0.2, 0.25) is 0 Å². The number of aliphatic imine (C=N–C) groups is 1. The molecule has 60 valence electrons. The second-order valence-electron chi connectivity index (χ2n) is 2.38. The van der Waals surface area contributed by atoms with Crippen LogP contribution in [0.1, 0.15) is 6.92 Å². The van der Waals surface area contributed by atoms with Crippen molar-refractivity contribution in [3.05, 3.63) is 23.8 Å². The maximum atomic E-state index is 5.13. The number of ether oxygens (including phenoxy) is 1. The van der Waals surface area contributed by atoms with Crippen molar-refractivity contribution in [1.82, 2.24) is 0 Å². The lowest BCUT2D eigenvalue weighted by atomic mass is 10.2. The predicted octanol–water partition coefficient (Wildman–Crippen LogP) is 1.59. The Labute approximate surface area is 67.3 Å². The maximum absolute atomic E-state index is 5.13. The van der Waals surface area contributed by atoms with Crippen LogP contribution in [0.4, 0.5) is 0 Å². The number of epoxide rings is 1. The summed E-state index contributed by atoms with van der Waals surface area (Å²) >= 11 is 0. The molecule has 0 saturated carbocycles. The third kappa shape index (κ3) is 2.68. The summed E-state index contributed by atoms with van der Waals surface area (Å²) in [5.41, 5.74) is 1.24. The van der Waals surface area contributed by atoms with Crippen LogP contribution < -0.4 is 0 Å². The summed E-state index contributed by atoms with van der Waals surface area (Å²) in [6, 6.07) is 0. The van der Waals surface area contributed by atoms with Gasteiger partial charge in [-0.2, -0.15) is 0 Å². The van der Waals surface area contributed by atoms with Gasteiger partial charge in [0, 0.05) is 13.3 Å². The van der Waals surface area contributed by atoms with E-state index in [0.29, 0.717) is 6.10 Å². The van der Waals surface area contributed by atoms with Gasteiger partial charge in [0.2, 0.25) is 0 Å². The Bertz CT molecular complexity index is 200. The Hall–Kier alpha value is -0.890. The molecule has 0 aromatic carbocycles. The second-order valence-corrected chi connectivity index (χ2v) is 2.38. The van der Waals surface area contributed by atoms with Crippen molar-refractivity contribution in [3.63, 3.8) is 0 Å². The molecular weight excluding hydrogens is 138 g/mol. The first-order valence-electron chi connectivity index (χ1n) is 3.75. The summed E-state index contributed by atoms with van der Waals surface area (Å²) in [5.74, 6) is 0. The highest BCUT2D eigenvalue weighted by Crippen LogP contribution is 2.19. The van der Waals surface area contributed by atoms with E-state index in [2.05, 4.69) is 11.1 Å². The number of nitrogens with zero attached hydrogens (tertiary/aromatic N) is 1. The van der Waals surface area contributed by atoms with Crippen LogP contribution in [0.25, 0.3) is 0 Å². The molecule has 2 heteroatoms. The molecule has 0 amide bonds. The highest BCUT2D eigenvalue weighted by Gasteiger charge is 2.24. The SMILES string of the molecule is C/C=C(/C=C\C=NC)[C@@H]1CO1. The minimum absolute atomic E-state index is 0.349. The lowest BCUT2D eigenvalue weighted by Crippen LogP contribution is -1.87. The largest absolute Gasteiger partial charge is 0.368 e. The lowest BCUT2D eigenvalue weighted by molar-refractivity contribution is 0.434. The van der Waals surface area contributed by atoms with Crippen molar-refractivity contribution in [3.8, 4) is 0 Å². The van der Waals surface area contributed by atoms with E-state index in [1.54, 1.807) is 13.3 Å². The molecule has 1 fully saturated rings. The summed E-state index contributed by atoms with van der Waals surface area (Å²) in [7, 11) is 1.76. The second kappa shape index (κ2) is 4.09. The molecule has 1 aliphatic rings. The van der Waals surface area contributed by atoms with E-state index in [9.17, 15) is 0 Å². The van der Waals surface area contributed by atoms with Gasteiger partial charge in [0.15, 0.2) is 0 Å². The van der Waals surface area contributed by atoms with E-state index in [1.807, 2.05) is 19.1 Å². The van der Waals surface area contributed by atoms with Crippen molar-refractivity contribution >= 4 is 6.21 Å². The van der Waals surface area contributed by atoms with E-state index >= 15 is 0 Å². The number of allylic oxidation sites excluding steroid dienone is 2. The Morgan fingerprint density at radius 3 is 2.82 bits per heavy atom. The molecule has 0 N–H and O–H groups in total. The van der Waals surface area contributed by atoms with Crippen LogP contribution >= 0.6 is 0 Å². The molecule has 11 heavy (non-hydrogen) atoms. The molecule has 1 saturated heterocycles. The summed E-state index contributed by atoms with van der Waals surface area (Å²) in [4.78, 5) is 3.84. The van der Waals surface area contributed by atoms with E-state index in [1.165, 1.54) is 5.57 Å². The molecule has 1 atom stereocenters. The Balaban J connectivity index is 2.43. The fourth-order valence-electron chi connectivity index (χ4n) is 0.870.